The standard InChI is InChI=1S/C39H48N6O5/c1-2-32-35(37(41)46)34(28-15-17-31(18-16-28)45(48)49)36(33(43-32)27-50-26-9-21-40)38(47)42-22-10-23-44-24-19-39(20-25-44,29-11-5-3-6-12-29)30-13-7-4-8-14-30/h3-8,11-18,34,43H,2,9-10,19-27,40H2,1H3,(H2,41,46)(H,42,47). The summed E-state index contributed by atoms with van der Waals surface area (Å²) < 4.78 is 5.89. The molecule has 5 rings (SSSR count). The average Bonchev–Trinajstić information content (AvgIpc) is 3.15. The van der Waals surface area contributed by atoms with Crippen LogP contribution in [0.1, 0.15) is 61.6 Å². The van der Waals surface area contributed by atoms with Gasteiger partial charge in [-0.05, 0) is 75.0 Å². The van der Waals surface area contributed by atoms with Crippen LogP contribution in [0.5, 0.6) is 0 Å². The Morgan fingerprint density at radius 1 is 0.940 bits per heavy atom. The summed E-state index contributed by atoms with van der Waals surface area (Å²) in [6.07, 6.45) is 3.84. The number of nitro groups is 1. The molecule has 3 aromatic rings. The van der Waals surface area contributed by atoms with Crippen molar-refractivity contribution in [2.75, 3.05) is 45.9 Å². The summed E-state index contributed by atoms with van der Waals surface area (Å²) >= 11 is 0. The summed E-state index contributed by atoms with van der Waals surface area (Å²) in [4.78, 5) is 40.4. The van der Waals surface area contributed by atoms with Crippen molar-refractivity contribution < 1.29 is 19.2 Å². The molecule has 50 heavy (non-hydrogen) atoms. The van der Waals surface area contributed by atoms with Crippen LogP contribution in [-0.4, -0.2) is 67.6 Å². The Morgan fingerprint density at radius 2 is 1.56 bits per heavy atom. The van der Waals surface area contributed by atoms with E-state index >= 15 is 0 Å². The minimum atomic E-state index is -0.830. The Bertz CT molecular complexity index is 1640. The number of benzene rings is 3. The van der Waals surface area contributed by atoms with Crippen LogP contribution in [-0.2, 0) is 19.7 Å². The van der Waals surface area contributed by atoms with Gasteiger partial charge in [-0.2, -0.15) is 0 Å². The lowest BCUT2D eigenvalue weighted by molar-refractivity contribution is -0.384. The molecule has 11 nitrogen and oxygen atoms in total. The number of amides is 2. The van der Waals surface area contributed by atoms with Gasteiger partial charge in [0.25, 0.3) is 5.69 Å². The van der Waals surface area contributed by atoms with Gasteiger partial charge in [0, 0.05) is 47.9 Å². The Labute approximate surface area is 293 Å². The van der Waals surface area contributed by atoms with Gasteiger partial charge in [0.15, 0.2) is 0 Å². The molecule has 0 radical (unpaired) electrons. The topological polar surface area (TPSA) is 166 Å². The molecule has 0 bridgehead atoms. The SMILES string of the molecule is CCC1=C(C(N)=O)C(c2ccc([N+](=O)[O-])cc2)C(C(=O)NCCCN2CCC(c3ccccc3)(c3ccccc3)CC2)=C(COCCCN)N1. The number of nitro benzene ring substituents is 1. The minimum Gasteiger partial charge on any atom is -0.375 e. The molecular formula is C39H48N6O5. The number of dihydropyridines is 1. The zero-order valence-corrected chi connectivity index (χ0v) is 28.7. The van der Waals surface area contributed by atoms with Crippen LogP contribution >= 0.6 is 0 Å². The predicted octanol–water partition coefficient (Wildman–Crippen LogP) is 4.64. The first-order valence-electron chi connectivity index (χ1n) is 17.5. The van der Waals surface area contributed by atoms with Crippen molar-refractivity contribution in [2.45, 2.75) is 50.4 Å². The number of primary amides is 1. The molecule has 1 unspecified atom stereocenters. The molecule has 2 heterocycles. The van der Waals surface area contributed by atoms with Crippen molar-refractivity contribution in [1.82, 2.24) is 15.5 Å². The van der Waals surface area contributed by atoms with Gasteiger partial charge in [0.2, 0.25) is 11.8 Å². The van der Waals surface area contributed by atoms with Crippen molar-refractivity contribution in [3.63, 3.8) is 0 Å². The van der Waals surface area contributed by atoms with Gasteiger partial charge >= 0.3 is 0 Å². The molecular weight excluding hydrogens is 632 g/mol. The van der Waals surface area contributed by atoms with Crippen LogP contribution in [0.25, 0.3) is 0 Å². The van der Waals surface area contributed by atoms with Crippen molar-refractivity contribution in [3.8, 4) is 0 Å². The lowest BCUT2D eigenvalue weighted by Gasteiger charge is -2.43. The van der Waals surface area contributed by atoms with Gasteiger partial charge in [-0.3, -0.25) is 19.7 Å². The maximum absolute atomic E-state index is 14.1. The van der Waals surface area contributed by atoms with E-state index in [1.54, 1.807) is 12.1 Å². The first-order chi connectivity index (χ1) is 24.3. The molecule has 264 valence electrons. The Morgan fingerprint density at radius 3 is 2.10 bits per heavy atom. The molecule has 1 saturated heterocycles. The predicted molar refractivity (Wildman–Crippen MR) is 194 cm³/mol. The smallest absolute Gasteiger partial charge is 0.269 e. The second-order valence-corrected chi connectivity index (χ2v) is 12.9. The van der Waals surface area contributed by atoms with E-state index in [4.69, 9.17) is 16.2 Å². The normalized spacial score (nSPS) is 17.7. The number of likely N-dealkylation sites (tertiary alicyclic amines) is 1. The molecule has 1 fully saturated rings. The molecule has 2 amide bonds. The van der Waals surface area contributed by atoms with Crippen molar-refractivity contribution in [3.05, 3.63) is 134 Å². The number of hydrogen-bond donors (Lipinski definition) is 4. The van der Waals surface area contributed by atoms with Crippen LogP contribution in [0.3, 0.4) is 0 Å². The largest absolute Gasteiger partial charge is 0.375 e. The molecule has 0 spiro atoms. The van der Waals surface area contributed by atoms with Gasteiger partial charge in [0.1, 0.15) is 0 Å². The average molecular weight is 681 g/mol. The molecule has 1 atom stereocenters. The van der Waals surface area contributed by atoms with E-state index in [9.17, 15) is 19.7 Å². The number of ether oxygens (including phenoxy) is 1. The maximum atomic E-state index is 14.1. The minimum absolute atomic E-state index is 0.0355. The summed E-state index contributed by atoms with van der Waals surface area (Å²) in [5.74, 6) is -1.85. The van der Waals surface area contributed by atoms with Gasteiger partial charge in [-0.15, -0.1) is 0 Å². The highest BCUT2D eigenvalue weighted by atomic mass is 16.6. The quantitative estimate of drug-likeness (QED) is 0.0965. The van der Waals surface area contributed by atoms with Crippen LogP contribution < -0.4 is 22.1 Å². The summed E-state index contributed by atoms with van der Waals surface area (Å²) in [6, 6.07) is 27.4. The van der Waals surface area contributed by atoms with Gasteiger partial charge < -0.3 is 31.7 Å². The highest BCUT2D eigenvalue weighted by molar-refractivity contribution is 6.03. The maximum Gasteiger partial charge on any atom is 0.269 e. The monoisotopic (exact) mass is 680 g/mol. The van der Waals surface area contributed by atoms with Crippen molar-refractivity contribution >= 4 is 17.5 Å². The lowest BCUT2D eigenvalue weighted by atomic mass is 9.68. The summed E-state index contributed by atoms with van der Waals surface area (Å²) in [5, 5.41) is 17.8. The molecule has 2 aliphatic rings. The molecule has 3 aromatic carbocycles. The van der Waals surface area contributed by atoms with Gasteiger partial charge in [-0.1, -0.05) is 79.7 Å². The highest BCUT2D eigenvalue weighted by Crippen LogP contribution is 2.42. The van der Waals surface area contributed by atoms with Crippen molar-refractivity contribution in [1.29, 1.82) is 0 Å². The highest BCUT2D eigenvalue weighted by Gasteiger charge is 2.39. The second-order valence-electron chi connectivity index (χ2n) is 12.9. The molecule has 0 saturated carbocycles. The van der Waals surface area contributed by atoms with Crippen LogP contribution in [0.4, 0.5) is 5.69 Å². The van der Waals surface area contributed by atoms with E-state index in [0.717, 1.165) is 38.9 Å². The fourth-order valence-corrected chi connectivity index (χ4v) is 7.26. The summed E-state index contributed by atoms with van der Waals surface area (Å²) in [5.41, 5.74) is 16.4. The zero-order valence-electron chi connectivity index (χ0n) is 28.7. The van der Waals surface area contributed by atoms with E-state index in [1.165, 1.54) is 23.3 Å². The van der Waals surface area contributed by atoms with Crippen LogP contribution in [0.2, 0.25) is 0 Å². The van der Waals surface area contributed by atoms with Gasteiger partial charge in [-0.25, -0.2) is 0 Å². The fraction of sp³-hybridized carbons (Fsp3) is 0.385. The Kier molecular flexibility index (Phi) is 12.5. The summed E-state index contributed by atoms with van der Waals surface area (Å²) in [7, 11) is 0. The van der Waals surface area contributed by atoms with E-state index < -0.39 is 16.7 Å². The molecule has 2 aliphatic heterocycles. The number of nitrogens with zero attached hydrogens (tertiary/aromatic N) is 2. The lowest BCUT2D eigenvalue weighted by Crippen LogP contribution is -2.44. The third-order valence-electron chi connectivity index (χ3n) is 9.87. The van der Waals surface area contributed by atoms with E-state index in [1.807, 2.05) is 6.92 Å². The number of piperidine rings is 1. The number of carbonyl (C=O) groups is 2. The van der Waals surface area contributed by atoms with Crippen LogP contribution in [0, 0.1) is 10.1 Å². The molecule has 6 N–H and O–H groups in total. The third-order valence-corrected chi connectivity index (χ3v) is 9.87. The zero-order chi connectivity index (χ0) is 35.5. The number of non-ortho nitro benzene ring substituents is 1. The molecule has 0 aromatic heterocycles. The number of hydrogen-bond acceptors (Lipinski definition) is 8. The van der Waals surface area contributed by atoms with Crippen LogP contribution in [0.15, 0.2) is 107 Å². The Balaban J connectivity index is 1.30. The number of allylic oxidation sites excluding steroid dienone is 1. The number of nitrogens with one attached hydrogen (secondary N) is 2. The molecule has 11 heteroatoms. The third kappa shape index (κ3) is 8.30. The van der Waals surface area contributed by atoms with E-state index in [-0.39, 0.29) is 29.2 Å². The number of nitrogens with two attached hydrogens (primary N) is 2. The second kappa shape index (κ2) is 17.2. The molecule has 0 aliphatic carbocycles. The number of rotatable bonds is 16. The number of carbonyl (C=O) groups excluding carboxylic acids is 2. The summed E-state index contributed by atoms with van der Waals surface area (Å²) in [6.45, 7) is 5.97. The first-order valence-corrected chi connectivity index (χ1v) is 17.5. The van der Waals surface area contributed by atoms with E-state index in [2.05, 4.69) is 76.2 Å². The fourth-order valence-electron chi connectivity index (χ4n) is 7.26. The van der Waals surface area contributed by atoms with Crippen molar-refractivity contribution in [2.24, 2.45) is 11.5 Å². The Hall–Kier alpha value is -4.84. The van der Waals surface area contributed by atoms with Gasteiger partial charge in [0.05, 0.1) is 22.8 Å². The first kappa shape index (κ1) is 36.4. The van der Waals surface area contributed by atoms with E-state index in [0.29, 0.717) is 55.1 Å².